The molecule has 1 saturated heterocycles. The number of tetrazole rings is 1. The fraction of sp³-hybridized carbons (Fsp3) is 0.286. The fourth-order valence-electron chi connectivity index (χ4n) is 2.75. The quantitative estimate of drug-likeness (QED) is 0.645. The Kier molecular flexibility index (Phi) is 4.21. The molecule has 26 heavy (non-hydrogen) atoms. The van der Waals surface area contributed by atoms with Gasteiger partial charge in [-0.1, -0.05) is 11.6 Å². The van der Waals surface area contributed by atoms with Crippen molar-refractivity contribution in [3.63, 3.8) is 0 Å². The van der Waals surface area contributed by atoms with Crippen molar-refractivity contribution in [2.75, 3.05) is 31.1 Å². The fourth-order valence-corrected chi connectivity index (χ4v) is 4.45. The Hall–Kier alpha value is -2.37. The maximum absolute atomic E-state index is 13.3. The van der Waals surface area contributed by atoms with E-state index in [1.165, 1.54) is 15.0 Å². The van der Waals surface area contributed by atoms with Crippen LogP contribution in [0.2, 0.25) is 5.02 Å². The average Bonchev–Trinajstić information content (AvgIpc) is 3.11. The van der Waals surface area contributed by atoms with E-state index in [2.05, 4.69) is 20.6 Å². The van der Waals surface area contributed by atoms with Gasteiger partial charge >= 0.3 is 0 Å². The van der Waals surface area contributed by atoms with E-state index < -0.39 is 15.8 Å². The third kappa shape index (κ3) is 2.97. The highest BCUT2D eigenvalue weighted by atomic mass is 35.5. The molecule has 1 aliphatic heterocycles. The van der Waals surface area contributed by atoms with Gasteiger partial charge in [-0.25, -0.2) is 12.8 Å². The molecule has 0 aliphatic carbocycles. The van der Waals surface area contributed by atoms with Crippen LogP contribution in [0.25, 0.3) is 5.65 Å². The summed E-state index contributed by atoms with van der Waals surface area (Å²) in [6.45, 7) is 1.45. The molecule has 1 aromatic carbocycles. The molecule has 0 spiro atoms. The van der Waals surface area contributed by atoms with Crippen molar-refractivity contribution in [3.8, 4) is 0 Å². The number of fused-ring (bicyclic) bond motifs is 1. The first-order valence-corrected chi connectivity index (χ1v) is 9.52. The Labute approximate surface area is 153 Å². The molecular formula is C14H13ClFN7O2S. The third-order valence-electron chi connectivity index (χ3n) is 4.15. The van der Waals surface area contributed by atoms with Crippen molar-refractivity contribution in [1.82, 2.24) is 29.6 Å². The van der Waals surface area contributed by atoms with E-state index in [4.69, 9.17) is 11.6 Å². The number of piperazine rings is 1. The predicted octanol–water partition coefficient (Wildman–Crippen LogP) is 0.823. The highest BCUT2D eigenvalue weighted by Crippen LogP contribution is 2.24. The second-order valence-corrected chi connectivity index (χ2v) is 8.03. The second kappa shape index (κ2) is 6.41. The van der Waals surface area contributed by atoms with Gasteiger partial charge in [0, 0.05) is 26.2 Å². The van der Waals surface area contributed by atoms with Crippen molar-refractivity contribution < 1.29 is 12.8 Å². The molecule has 0 saturated carbocycles. The molecule has 0 amide bonds. The van der Waals surface area contributed by atoms with Crippen molar-refractivity contribution in [2.45, 2.75) is 4.90 Å². The summed E-state index contributed by atoms with van der Waals surface area (Å²) in [5.74, 6) is 0.00572. The zero-order valence-corrected chi connectivity index (χ0v) is 14.9. The van der Waals surface area contributed by atoms with Crippen molar-refractivity contribution in [2.24, 2.45) is 0 Å². The van der Waals surface area contributed by atoms with E-state index >= 15 is 0 Å². The lowest BCUT2D eigenvalue weighted by molar-refractivity contribution is 0.383. The molecule has 0 N–H and O–H groups in total. The predicted molar refractivity (Wildman–Crippen MR) is 91.0 cm³/mol. The van der Waals surface area contributed by atoms with Gasteiger partial charge in [-0.05, 0) is 40.8 Å². The van der Waals surface area contributed by atoms with Crippen LogP contribution in [0.4, 0.5) is 10.2 Å². The minimum atomic E-state index is -3.74. The van der Waals surface area contributed by atoms with E-state index in [0.717, 1.165) is 12.1 Å². The van der Waals surface area contributed by atoms with Gasteiger partial charge in [-0.15, -0.1) is 14.8 Å². The van der Waals surface area contributed by atoms with E-state index in [0.29, 0.717) is 24.6 Å². The Morgan fingerprint density at radius 1 is 1.08 bits per heavy atom. The van der Waals surface area contributed by atoms with Gasteiger partial charge in [0.2, 0.25) is 10.0 Å². The number of hydrogen-bond donors (Lipinski definition) is 0. The van der Waals surface area contributed by atoms with Gasteiger partial charge < -0.3 is 4.90 Å². The highest BCUT2D eigenvalue weighted by Gasteiger charge is 2.29. The number of anilines is 1. The molecule has 3 heterocycles. The first-order chi connectivity index (χ1) is 12.4. The molecule has 0 radical (unpaired) electrons. The molecule has 2 aromatic heterocycles. The molecular weight excluding hydrogens is 385 g/mol. The van der Waals surface area contributed by atoms with Crippen molar-refractivity contribution in [3.05, 3.63) is 41.2 Å². The topological polar surface area (TPSA) is 96.6 Å². The van der Waals surface area contributed by atoms with Crippen LogP contribution in [-0.2, 0) is 10.0 Å². The number of nitrogens with zero attached hydrogens (tertiary/aromatic N) is 7. The molecule has 4 rings (SSSR count). The summed E-state index contributed by atoms with van der Waals surface area (Å²) in [5.41, 5.74) is 0.531. The summed E-state index contributed by atoms with van der Waals surface area (Å²) in [5, 5.41) is 15.2. The van der Waals surface area contributed by atoms with Gasteiger partial charge in [0.25, 0.3) is 0 Å². The minimum absolute atomic E-state index is 0.0226. The van der Waals surface area contributed by atoms with Gasteiger partial charge in [-0.3, -0.25) is 0 Å². The van der Waals surface area contributed by atoms with Crippen LogP contribution in [0.1, 0.15) is 0 Å². The monoisotopic (exact) mass is 397 g/mol. The standard InChI is InChI=1S/C14H13ClFN7O2S/c15-11-9-10(1-2-12(11)16)26(24,25)22-7-5-21(6-8-22)14-4-3-13-17-19-20-23(13)18-14/h1-4,9H,5-8H2. The molecule has 3 aromatic rings. The van der Waals surface area contributed by atoms with Crippen LogP contribution in [0.15, 0.2) is 35.2 Å². The lowest BCUT2D eigenvalue weighted by atomic mass is 10.3. The Morgan fingerprint density at radius 2 is 1.85 bits per heavy atom. The number of sulfonamides is 1. The smallest absolute Gasteiger partial charge is 0.243 e. The number of halogens is 2. The number of rotatable bonds is 3. The Balaban J connectivity index is 1.51. The number of hydrogen-bond acceptors (Lipinski definition) is 7. The molecule has 1 aliphatic rings. The maximum atomic E-state index is 13.3. The zero-order chi connectivity index (χ0) is 18.3. The van der Waals surface area contributed by atoms with E-state index in [9.17, 15) is 12.8 Å². The SMILES string of the molecule is O=S(=O)(c1ccc(F)c(Cl)c1)N1CCN(c2ccc3nnnn3n2)CC1. The summed E-state index contributed by atoms with van der Waals surface area (Å²) < 4.78 is 41.4. The van der Waals surface area contributed by atoms with E-state index in [1.807, 2.05) is 4.90 Å². The minimum Gasteiger partial charge on any atom is -0.352 e. The largest absolute Gasteiger partial charge is 0.352 e. The normalized spacial score (nSPS) is 16.3. The first kappa shape index (κ1) is 17.1. The van der Waals surface area contributed by atoms with Crippen LogP contribution in [0, 0.1) is 5.82 Å². The summed E-state index contributed by atoms with van der Waals surface area (Å²) >= 11 is 5.71. The van der Waals surface area contributed by atoms with Crippen LogP contribution < -0.4 is 4.90 Å². The summed E-state index contributed by atoms with van der Waals surface area (Å²) in [6.07, 6.45) is 0. The Morgan fingerprint density at radius 3 is 2.58 bits per heavy atom. The van der Waals surface area contributed by atoms with Crippen LogP contribution in [0.3, 0.4) is 0 Å². The first-order valence-electron chi connectivity index (χ1n) is 7.71. The van der Waals surface area contributed by atoms with E-state index in [-0.39, 0.29) is 23.0 Å². The van der Waals surface area contributed by atoms with Gasteiger partial charge in [0.05, 0.1) is 9.92 Å². The molecule has 0 bridgehead atoms. The van der Waals surface area contributed by atoms with Crippen LogP contribution in [-0.4, -0.2) is 64.2 Å². The Bertz CT molecular complexity index is 1070. The average molecular weight is 398 g/mol. The molecule has 12 heteroatoms. The molecule has 1 fully saturated rings. The molecule has 0 atom stereocenters. The second-order valence-electron chi connectivity index (χ2n) is 5.69. The lowest BCUT2D eigenvalue weighted by Crippen LogP contribution is -2.49. The lowest BCUT2D eigenvalue weighted by Gasteiger charge is -2.34. The van der Waals surface area contributed by atoms with Gasteiger partial charge in [0.15, 0.2) is 11.5 Å². The maximum Gasteiger partial charge on any atom is 0.243 e. The molecule has 136 valence electrons. The van der Waals surface area contributed by atoms with Gasteiger partial charge in [0.1, 0.15) is 5.82 Å². The van der Waals surface area contributed by atoms with Gasteiger partial charge in [-0.2, -0.15) is 4.31 Å². The summed E-state index contributed by atoms with van der Waals surface area (Å²) in [6, 6.07) is 6.93. The number of aromatic nitrogens is 5. The molecule has 9 nitrogen and oxygen atoms in total. The molecule has 0 unspecified atom stereocenters. The van der Waals surface area contributed by atoms with Crippen LogP contribution >= 0.6 is 11.6 Å². The number of benzene rings is 1. The van der Waals surface area contributed by atoms with E-state index in [1.54, 1.807) is 12.1 Å². The highest BCUT2D eigenvalue weighted by molar-refractivity contribution is 7.89. The summed E-state index contributed by atoms with van der Waals surface area (Å²) in [7, 11) is -3.74. The van der Waals surface area contributed by atoms with Crippen LogP contribution in [0.5, 0.6) is 0 Å². The third-order valence-corrected chi connectivity index (χ3v) is 6.33. The summed E-state index contributed by atoms with van der Waals surface area (Å²) in [4.78, 5) is 1.93. The zero-order valence-electron chi connectivity index (χ0n) is 13.3. The van der Waals surface area contributed by atoms with Crippen molar-refractivity contribution in [1.29, 1.82) is 0 Å². The van der Waals surface area contributed by atoms with Crippen molar-refractivity contribution >= 4 is 33.1 Å².